The number of amides is 2. The van der Waals surface area contributed by atoms with Gasteiger partial charge in [-0.15, -0.1) is 0 Å². The molecule has 2 aromatic carbocycles. The van der Waals surface area contributed by atoms with Crippen molar-refractivity contribution in [3.05, 3.63) is 53.6 Å². The lowest BCUT2D eigenvalue weighted by atomic mass is 10.1. The van der Waals surface area contributed by atoms with Crippen LogP contribution in [0.2, 0.25) is 0 Å². The summed E-state index contributed by atoms with van der Waals surface area (Å²) in [4.78, 5) is 24.1. The summed E-state index contributed by atoms with van der Waals surface area (Å²) in [5.74, 6) is 0.430. The summed E-state index contributed by atoms with van der Waals surface area (Å²) in [6.45, 7) is 5.04. The Morgan fingerprint density at radius 3 is 2.61 bits per heavy atom. The number of carbonyl (C=O) groups is 2. The van der Waals surface area contributed by atoms with Gasteiger partial charge in [0.2, 0.25) is 5.91 Å². The monoisotopic (exact) mass is 382 g/mol. The Morgan fingerprint density at radius 1 is 1.14 bits per heavy atom. The highest BCUT2D eigenvalue weighted by atomic mass is 16.5. The molecule has 1 atom stereocenters. The van der Waals surface area contributed by atoms with Crippen LogP contribution in [0.4, 0.5) is 11.4 Å². The second kappa shape index (κ2) is 9.37. The molecule has 0 spiro atoms. The van der Waals surface area contributed by atoms with E-state index in [0.717, 1.165) is 25.0 Å². The van der Waals surface area contributed by atoms with E-state index >= 15 is 0 Å². The molecule has 148 valence electrons. The number of nitrogens with one attached hydrogen (secondary N) is 2. The SMILES string of the molecule is CCC(=O)Nc1cc(NC(=O)c2ccc(OCC3CCCO3)cc2)ccc1C. The molecule has 1 unspecified atom stereocenters. The molecule has 2 N–H and O–H groups in total. The zero-order valence-electron chi connectivity index (χ0n) is 16.3. The number of aryl methyl sites for hydroxylation is 1. The first kappa shape index (κ1) is 19.9. The van der Waals surface area contributed by atoms with Gasteiger partial charge in [-0.25, -0.2) is 0 Å². The van der Waals surface area contributed by atoms with Crippen molar-refractivity contribution in [2.24, 2.45) is 0 Å². The highest BCUT2D eigenvalue weighted by Crippen LogP contribution is 2.22. The molecule has 6 nitrogen and oxygen atoms in total. The highest BCUT2D eigenvalue weighted by molar-refractivity contribution is 6.04. The third kappa shape index (κ3) is 5.33. The van der Waals surface area contributed by atoms with Gasteiger partial charge < -0.3 is 20.1 Å². The summed E-state index contributed by atoms with van der Waals surface area (Å²) < 4.78 is 11.3. The van der Waals surface area contributed by atoms with Gasteiger partial charge in [0.05, 0.1) is 6.10 Å². The minimum atomic E-state index is -0.220. The fraction of sp³-hybridized carbons (Fsp3) is 0.364. The van der Waals surface area contributed by atoms with Crippen molar-refractivity contribution >= 4 is 23.2 Å². The van der Waals surface area contributed by atoms with E-state index < -0.39 is 0 Å². The number of carbonyl (C=O) groups excluding carboxylic acids is 2. The van der Waals surface area contributed by atoms with E-state index in [-0.39, 0.29) is 17.9 Å². The molecular weight excluding hydrogens is 356 g/mol. The fourth-order valence-corrected chi connectivity index (χ4v) is 2.94. The fourth-order valence-electron chi connectivity index (χ4n) is 2.94. The lowest BCUT2D eigenvalue weighted by Gasteiger charge is -2.12. The van der Waals surface area contributed by atoms with E-state index in [4.69, 9.17) is 9.47 Å². The van der Waals surface area contributed by atoms with Crippen molar-refractivity contribution in [2.75, 3.05) is 23.8 Å². The summed E-state index contributed by atoms with van der Waals surface area (Å²) in [6, 6.07) is 12.5. The molecule has 1 saturated heterocycles. The average molecular weight is 382 g/mol. The number of hydrogen-bond acceptors (Lipinski definition) is 4. The largest absolute Gasteiger partial charge is 0.491 e. The molecule has 6 heteroatoms. The lowest BCUT2D eigenvalue weighted by molar-refractivity contribution is -0.115. The predicted molar refractivity (Wildman–Crippen MR) is 109 cm³/mol. The maximum Gasteiger partial charge on any atom is 0.255 e. The molecule has 1 aliphatic rings. The minimum Gasteiger partial charge on any atom is -0.491 e. The van der Waals surface area contributed by atoms with Crippen LogP contribution in [0.1, 0.15) is 42.1 Å². The molecule has 1 fully saturated rings. The van der Waals surface area contributed by atoms with Gasteiger partial charge in [0.1, 0.15) is 12.4 Å². The Morgan fingerprint density at radius 2 is 1.93 bits per heavy atom. The van der Waals surface area contributed by atoms with E-state index in [2.05, 4.69) is 10.6 Å². The van der Waals surface area contributed by atoms with Crippen LogP contribution in [0, 0.1) is 6.92 Å². The first-order valence-corrected chi connectivity index (χ1v) is 9.61. The van der Waals surface area contributed by atoms with E-state index in [9.17, 15) is 9.59 Å². The smallest absolute Gasteiger partial charge is 0.255 e. The molecule has 3 rings (SSSR count). The number of ether oxygens (including phenoxy) is 2. The maximum absolute atomic E-state index is 12.5. The molecule has 0 aromatic heterocycles. The Hall–Kier alpha value is -2.86. The first-order chi connectivity index (χ1) is 13.5. The Kier molecular flexibility index (Phi) is 6.66. The Balaban J connectivity index is 1.59. The average Bonchev–Trinajstić information content (AvgIpc) is 3.23. The summed E-state index contributed by atoms with van der Waals surface area (Å²) in [6.07, 6.45) is 2.66. The maximum atomic E-state index is 12.5. The highest BCUT2D eigenvalue weighted by Gasteiger charge is 2.16. The van der Waals surface area contributed by atoms with Crippen LogP contribution < -0.4 is 15.4 Å². The van der Waals surface area contributed by atoms with E-state index in [0.29, 0.717) is 35.7 Å². The lowest BCUT2D eigenvalue weighted by Crippen LogP contribution is -2.16. The van der Waals surface area contributed by atoms with E-state index in [1.165, 1.54) is 0 Å². The topological polar surface area (TPSA) is 76.7 Å². The molecule has 28 heavy (non-hydrogen) atoms. The van der Waals surface area contributed by atoms with Gasteiger partial charge in [-0.1, -0.05) is 13.0 Å². The number of rotatable bonds is 7. The van der Waals surface area contributed by atoms with Crippen LogP contribution in [-0.2, 0) is 9.53 Å². The Bertz CT molecular complexity index is 827. The third-order valence-electron chi connectivity index (χ3n) is 4.67. The zero-order valence-corrected chi connectivity index (χ0v) is 16.3. The minimum absolute atomic E-state index is 0.0647. The standard InChI is InChI=1S/C22H26N2O4/c1-3-21(25)24-20-13-17(9-6-15(20)2)23-22(26)16-7-10-18(11-8-16)28-14-19-5-4-12-27-19/h6-11,13,19H,3-5,12,14H2,1-2H3,(H,23,26)(H,24,25). The molecule has 0 bridgehead atoms. The van der Waals surface area contributed by atoms with Gasteiger partial charge in [-0.2, -0.15) is 0 Å². The van der Waals surface area contributed by atoms with Gasteiger partial charge in [-0.05, 0) is 61.7 Å². The van der Waals surface area contributed by atoms with Crippen LogP contribution in [0.15, 0.2) is 42.5 Å². The van der Waals surface area contributed by atoms with Gasteiger partial charge in [0, 0.05) is 30.0 Å². The van der Waals surface area contributed by atoms with Crippen molar-refractivity contribution in [3.8, 4) is 5.75 Å². The predicted octanol–water partition coefficient (Wildman–Crippen LogP) is 4.15. The number of hydrogen-bond donors (Lipinski definition) is 2. The Labute approximate surface area is 165 Å². The first-order valence-electron chi connectivity index (χ1n) is 9.61. The van der Waals surface area contributed by atoms with Crippen molar-refractivity contribution < 1.29 is 19.1 Å². The quantitative estimate of drug-likeness (QED) is 0.754. The second-order valence-electron chi connectivity index (χ2n) is 6.86. The molecule has 0 radical (unpaired) electrons. The summed E-state index contributed by atoms with van der Waals surface area (Å²) in [5.41, 5.74) is 2.79. The molecule has 0 aliphatic carbocycles. The van der Waals surface area contributed by atoms with Crippen LogP contribution in [0.5, 0.6) is 5.75 Å². The second-order valence-corrected chi connectivity index (χ2v) is 6.86. The van der Waals surface area contributed by atoms with Crippen molar-refractivity contribution in [1.29, 1.82) is 0 Å². The normalized spacial score (nSPS) is 15.9. The van der Waals surface area contributed by atoms with Crippen LogP contribution in [0.3, 0.4) is 0 Å². The van der Waals surface area contributed by atoms with Gasteiger partial charge in [-0.3, -0.25) is 9.59 Å². The van der Waals surface area contributed by atoms with Crippen molar-refractivity contribution in [3.63, 3.8) is 0 Å². The summed E-state index contributed by atoms with van der Waals surface area (Å²) >= 11 is 0. The van der Waals surface area contributed by atoms with Gasteiger partial charge >= 0.3 is 0 Å². The molecule has 2 amide bonds. The zero-order chi connectivity index (χ0) is 19.9. The van der Waals surface area contributed by atoms with Crippen LogP contribution >= 0.6 is 0 Å². The molecule has 1 heterocycles. The van der Waals surface area contributed by atoms with Crippen LogP contribution in [-0.4, -0.2) is 31.1 Å². The number of anilines is 2. The summed E-state index contributed by atoms with van der Waals surface area (Å²) in [5, 5.41) is 5.70. The third-order valence-corrected chi connectivity index (χ3v) is 4.67. The summed E-state index contributed by atoms with van der Waals surface area (Å²) in [7, 11) is 0. The van der Waals surface area contributed by atoms with Gasteiger partial charge in [0.15, 0.2) is 0 Å². The molecule has 0 saturated carbocycles. The number of benzene rings is 2. The van der Waals surface area contributed by atoms with Crippen molar-refractivity contribution in [2.45, 2.75) is 39.2 Å². The molecule has 1 aliphatic heterocycles. The van der Waals surface area contributed by atoms with Crippen LogP contribution in [0.25, 0.3) is 0 Å². The van der Waals surface area contributed by atoms with Crippen molar-refractivity contribution in [1.82, 2.24) is 0 Å². The van der Waals surface area contributed by atoms with E-state index in [1.54, 1.807) is 37.3 Å². The van der Waals surface area contributed by atoms with Gasteiger partial charge in [0.25, 0.3) is 5.91 Å². The molecule has 2 aromatic rings. The molecular formula is C22H26N2O4. The van der Waals surface area contributed by atoms with E-state index in [1.807, 2.05) is 19.1 Å².